The molecule has 3 N–H and O–H groups in total. The van der Waals surface area contributed by atoms with E-state index in [0.29, 0.717) is 12.1 Å². The molecule has 0 spiro atoms. The molecule has 2 aliphatic rings. The third-order valence-electron chi connectivity index (χ3n) is 6.21. The summed E-state index contributed by atoms with van der Waals surface area (Å²) in [6.45, 7) is 8.65. The van der Waals surface area contributed by atoms with Crippen LogP contribution in [0.1, 0.15) is 50.7 Å². The number of guanidine groups is 1. The summed E-state index contributed by atoms with van der Waals surface area (Å²) in [7, 11) is 0. The van der Waals surface area contributed by atoms with Gasteiger partial charge in [-0.15, -0.1) is 0 Å². The fraction of sp³-hybridized carbons (Fsp3) is 0.696. The fourth-order valence-electron chi connectivity index (χ4n) is 4.49. The van der Waals surface area contributed by atoms with Crippen molar-refractivity contribution in [2.45, 2.75) is 45.1 Å². The number of hydrogen-bond donors (Lipinski definition) is 3. The molecule has 1 aromatic carbocycles. The summed E-state index contributed by atoms with van der Waals surface area (Å²) < 4.78 is 18.6. The summed E-state index contributed by atoms with van der Waals surface area (Å²) in [6.07, 6.45) is 5.57. The Kier molecular flexibility index (Phi) is 8.90. The molecular weight excluding hydrogens is 383 g/mol. The van der Waals surface area contributed by atoms with Gasteiger partial charge < -0.3 is 20.5 Å². The van der Waals surface area contributed by atoms with Crippen molar-refractivity contribution >= 4 is 5.96 Å². The van der Waals surface area contributed by atoms with Crippen LogP contribution in [-0.4, -0.2) is 68.4 Å². The number of aliphatic imine (C=N–C) groups is 1. The lowest BCUT2D eigenvalue weighted by Crippen LogP contribution is -2.47. The van der Waals surface area contributed by atoms with Gasteiger partial charge in [-0.2, -0.15) is 0 Å². The molecule has 1 aliphatic carbocycles. The minimum absolute atomic E-state index is 0.216. The third kappa shape index (κ3) is 6.93. The van der Waals surface area contributed by atoms with E-state index in [-0.39, 0.29) is 11.2 Å². The van der Waals surface area contributed by atoms with Gasteiger partial charge in [0.2, 0.25) is 0 Å². The van der Waals surface area contributed by atoms with Gasteiger partial charge in [0.25, 0.3) is 0 Å². The minimum Gasteiger partial charge on any atom is -0.387 e. The van der Waals surface area contributed by atoms with E-state index < -0.39 is 6.10 Å². The Labute approximate surface area is 179 Å². The first kappa shape index (κ1) is 23.0. The second-order valence-corrected chi connectivity index (χ2v) is 8.59. The molecule has 1 saturated heterocycles. The smallest absolute Gasteiger partial charge is 0.191 e. The number of rotatable bonds is 8. The molecule has 0 bridgehead atoms. The summed E-state index contributed by atoms with van der Waals surface area (Å²) in [6, 6.07) is 5.98. The van der Waals surface area contributed by atoms with Gasteiger partial charge in [0.1, 0.15) is 5.82 Å². The van der Waals surface area contributed by atoms with Crippen LogP contribution in [0.15, 0.2) is 29.3 Å². The van der Waals surface area contributed by atoms with Gasteiger partial charge in [-0.25, -0.2) is 4.39 Å². The molecule has 30 heavy (non-hydrogen) atoms. The Morgan fingerprint density at radius 2 is 1.87 bits per heavy atom. The van der Waals surface area contributed by atoms with Crippen molar-refractivity contribution in [1.29, 1.82) is 0 Å². The first-order chi connectivity index (χ1) is 14.6. The molecule has 0 aromatic heterocycles. The first-order valence-corrected chi connectivity index (χ1v) is 11.4. The molecule has 1 aromatic rings. The van der Waals surface area contributed by atoms with Crippen molar-refractivity contribution in [3.63, 3.8) is 0 Å². The number of aliphatic hydroxyl groups is 1. The molecular formula is C23H37FN4O2. The maximum atomic E-state index is 13.1. The molecule has 2 fully saturated rings. The predicted molar refractivity (Wildman–Crippen MR) is 118 cm³/mol. The average molecular weight is 421 g/mol. The van der Waals surface area contributed by atoms with Crippen molar-refractivity contribution in [3.05, 3.63) is 35.6 Å². The van der Waals surface area contributed by atoms with E-state index in [2.05, 4.69) is 15.5 Å². The van der Waals surface area contributed by atoms with E-state index in [1.54, 1.807) is 12.1 Å². The molecule has 1 aliphatic heterocycles. The van der Waals surface area contributed by atoms with E-state index in [9.17, 15) is 9.50 Å². The number of aliphatic hydroxyl groups excluding tert-OH is 1. The van der Waals surface area contributed by atoms with Gasteiger partial charge in [-0.3, -0.25) is 9.89 Å². The van der Waals surface area contributed by atoms with Crippen LogP contribution in [0.4, 0.5) is 4.39 Å². The Balaban J connectivity index is 1.60. The summed E-state index contributed by atoms with van der Waals surface area (Å²) in [5.74, 6) is 0.428. The fourth-order valence-corrected chi connectivity index (χ4v) is 4.49. The molecule has 7 heteroatoms. The van der Waals surface area contributed by atoms with Crippen molar-refractivity contribution in [2.24, 2.45) is 10.4 Å². The topological polar surface area (TPSA) is 69.1 Å². The van der Waals surface area contributed by atoms with Crippen molar-refractivity contribution < 1.29 is 14.2 Å². The Hall–Kier alpha value is -1.70. The van der Waals surface area contributed by atoms with Crippen LogP contribution in [0.5, 0.6) is 0 Å². The van der Waals surface area contributed by atoms with Crippen LogP contribution in [-0.2, 0) is 4.74 Å². The van der Waals surface area contributed by atoms with Gasteiger partial charge >= 0.3 is 0 Å². The highest BCUT2D eigenvalue weighted by molar-refractivity contribution is 5.79. The van der Waals surface area contributed by atoms with E-state index in [1.165, 1.54) is 44.2 Å². The maximum absolute atomic E-state index is 13.1. The van der Waals surface area contributed by atoms with E-state index in [0.717, 1.165) is 51.9 Å². The number of morpholine rings is 1. The molecule has 168 valence electrons. The number of ether oxygens (including phenoxy) is 1. The van der Waals surface area contributed by atoms with Crippen LogP contribution in [0.3, 0.4) is 0 Å². The van der Waals surface area contributed by atoms with Crippen LogP contribution in [0, 0.1) is 11.2 Å². The standard InChI is InChI=1S/C23H37FN4O2/c1-2-25-22(26-16-21(29)19-6-8-20(24)9-7-19)27-17-23(10-4-3-5-11-23)18-28-12-14-30-15-13-28/h6-9,21,29H,2-5,10-18H2,1H3,(H2,25,26,27). The van der Waals surface area contributed by atoms with E-state index in [1.807, 2.05) is 6.92 Å². The summed E-state index contributed by atoms with van der Waals surface area (Å²) in [4.78, 5) is 7.45. The predicted octanol–water partition coefficient (Wildman–Crippen LogP) is 2.70. The SMILES string of the molecule is CCNC(=NCC1(CN2CCOCC2)CCCCC1)NCC(O)c1ccc(F)cc1. The second-order valence-electron chi connectivity index (χ2n) is 8.59. The lowest BCUT2D eigenvalue weighted by Gasteiger charge is -2.41. The summed E-state index contributed by atoms with van der Waals surface area (Å²) in [5, 5.41) is 17.0. The normalized spacial score (nSPS) is 21.2. The van der Waals surface area contributed by atoms with Gasteiger partial charge in [0.15, 0.2) is 5.96 Å². The monoisotopic (exact) mass is 420 g/mol. The largest absolute Gasteiger partial charge is 0.387 e. The first-order valence-electron chi connectivity index (χ1n) is 11.4. The molecule has 0 amide bonds. The Morgan fingerprint density at radius 3 is 2.53 bits per heavy atom. The minimum atomic E-state index is -0.716. The molecule has 1 saturated carbocycles. The maximum Gasteiger partial charge on any atom is 0.191 e. The van der Waals surface area contributed by atoms with Gasteiger partial charge in [0.05, 0.1) is 19.3 Å². The second kappa shape index (κ2) is 11.6. The highest BCUT2D eigenvalue weighted by Crippen LogP contribution is 2.37. The van der Waals surface area contributed by atoms with Crippen LogP contribution in [0.2, 0.25) is 0 Å². The third-order valence-corrected chi connectivity index (χ3v) is 6.21. The van der Waals surface area contributed by atoms with Crippen molar-refractivity contribution in [3.8, 4) is 0 Å². The molecule has 1 heterocycles. The van der Waals surface area contributed by atoms with Crippen LogP contribution in [0.25, 0.3) is 0 Å². The quantitative estimate of drug-likeness (QED) is 0.446. The van der Waals surface area contributed by atoms with Gasteiger partial charge in [-0.05, 0) is 37.5 Å². The number of nitrogens with zero attached hydrogens (tertiary/aromatic N) is 2. The Bertz CT molecular complexity index is 656. The summed E-state index contributed by atoms with van der Waals surface area (Å²) >= 11 is 0. The zero-order chi connectivity index (χ0) is 21.2. The number of halogens is 1. The van der Waals surface area contributed by atoms with Crippen LogP contribution >= 0.6 is 0 Å². The summed E-state index contributed by atoms with van der Waals surface area (Å²) in [5.41, 5.74) is 0.906. The molecule has 1 unspecified atom stereocenters. The lowest BCUT2D eigenvalue weighted by atomic mass is 9.73. The van der Waals surface area contributed by atoms with E-state index in [4.69, 9.17) is 9.73 Å². The zero-order valence-corrected chi connectivity index (χ0v) is 18.2. The number of nitrogens with one attached hydrogen (secondary N) is 2. The van der Waals surface area contributed by atoms with E-state index >= 15 is 0 Å². The highest BCUT2D eigenvalue weighted by Gasteiger charge is 2.34. The molecule has 1 atom stereocenters. The Morgan fingerprint density at radius 1 is 1.17 bits per heavy atom. The van der Waals surface area contributed by atoms with Gasteiger partial charge in [-0.1, -0.05) is 31.4 Å². The van der Waals surface area contributed by atoms with Crippen LogP contribution < -0.4 is 10.6 Å². The van der Waals surface area contributed by atoms with Crippen molar-refractivity contribution in [1.82, 2.24) is 15.5 Å². The van der Waals surface area contributed by atoms with Crippen molar-refractivity contribution in [2.75, 3.05) is 52.5 Å². The average Bonchev–Trinajstić information content (AvgIpc) is 2.77. The zero-order valence-electron chi connectivity index (χ0n) is 18.2. The molecule has 0 radical (unpaired) electrons. The molecule has 3 rings (SSSR count). The lowest BCUT2D eigenvalue weighted by molar-refractivity contribution is 0.00937. The number of hydrogen-bond acceptors (Lipinski definition) is 4. The molecule has 6 nitrogen and oxygen atoms in total. The number of benzene rings is 1. The highest BCUT2D eigenvalue weighted by atomic mass is 19.1. The van der Waals surface area contributed by atoms with Gasteiger partial charge in [0, 0.05) is 44.7 Å².